The first kappa shape index (κ1) is 15.4. The quantitative estimate of drug-likeness (QED) is 0.766. The molecule has 0 saturated heterocycles. The Labute approximate surface area is 86.5 Å². The van der Waals surface area contributed by atoms with Crippen LogP contribution in [-0.2, 0) is 4.74 Å². The van der Waals surface area contributed by atoms with Gasteiger partial charge in [-0.15, -0.1) is 0 Å². The lowest BCUT2D eigenvalue weighted by molar-refractivity contribution is -0.361. The highest BCUT2D eigenvalue weighted by Crippen LogP contribution is 2.46. The van der Waals surface area contributed by atoms with E-state index in [9.17, 15) is 30.7 Å². The maximum atomic E-state index is 12.5. The molecule has 0 aliphatic carbocycles. The van der Waals surface area contributed by atoms with Crippen molar-refractivity contribution in [3.8, 4) is 0 Å². The predicted molar refractivity (Wildman–Crippen MR) is 40.4 cm³/mol. The molecule has 0 heterocycles. The van der Waals surface area contributed by atoms with Gasteiger partial charge in [0, 0.05) is 6.04 Å². The van der Waals surface area contributed by atoms with Gasteiger partial charge in [0.05, 0.1) is 6.61 Å². The van der Waals surface area contributed by atoms with Crippen LogP contribution in [0.2, 0.25) is 0 Å². The van der Waals surface area contributed by atoms with E-state index in [4.69, 9.17) is 5.73 Å². The van der Waals surface area contributed by atoms with E-state index in [0.717, 1.165) is 0 Å². The van der Waals surface area contributed by atoms with E-state index in [0.29, 0.717) is 0 Å². The first-order chi connectivity index (χ1) is 6.92. The third-order valence-electron chi connectivity index (χ3n) is 1.48. The third-order valence-corrected chi connectivity index (χ3v) is 1.48. The van der Waals surface area contributed by atoms with Crippen molar-refractivity contribution in [3.05, 3.63) is 0 Å². The van der Waals surface area contributed by atoms with Gasteiger partial charge in [-0.3, -0.25) is 0 Å². The molecular formula is C7H10F7NO. The van der Waals surface area contributed by atoms with Crippen LogP contribution in [0.5, 0.6) is 0 Å². The molecule has 0 aliphatic rings. The van der Waals surface area contributed by atoms with Gasteiger partial charge in [-0.25, -0.2) is 0 Å². The Morgan fingerprint density at radius 1 is 1.06 bits per heavy atom. The lowest BCUT2D eigenvalue weighted by atomic mass is 10.2. The third kappa shape index (κ3) is 3.48. The van der Waals surface area contributed by atoms with E-state index in [1.54, 1.807) is 0 Å². The molecule has 0 rings (SSSR count). The predicted octanol–water partition coefficient (Wildman–Crippen LogP) is 2.18. The molecule has 0 fully saturated rings. The van der Waals surface area contributed by atoms with Crippen molar-refractivity contribution in [2.75, 3.05) is 13.2 Å². The van der Waals surface area contributed by atoms with Crippen molar-refractivity contribution >= 4 is 0 Å². The minimum atomic E-state index is -6.33. The fraction of sp³-hybridized carbons (Fsp3) is 1.00. The number of hydrogen-bond acceptors (Lipinski definition) is 2. The number of nitrogens with two attached hydrogens (primary N) is 1. The van der Waals surface area contributed by atoms with Crippen LogP contribution in [0.3, 0.4) is 0 Å². The van der Waals surface area contributed by atoms with Crippen molar-refractivity contribution in [2.45, 2.75) is 31.0 Å². The summed E-state index contributed by atoms with van der Waals surface area (Å²) in [4.78, 5) is 0. The molecule has 0 aromatic heterocycles. The Morgan fingerprint density at radius 2 is 1.50 bits per heavy atom. The zero-order valence-corrected chi connectivity index (χ0v) is 8.12. The van der Waals surface area contributed by atoms with E-state index < -0.39 is 37.3 Å². The highest BCUT2D eigenvalue weighted by Gasteiger charge is 2.72. The minimum Gasteiger partial charge on any atom is -0.373 e. The van der Waals surface area contributed by atoms with Gasteiger partial charge < -0.3 is 10.5 Å². The lowest BCUT2D eigenvalue weighted by Gasteiger charge is -2.28. The van der Waals surface area contributed by atoms with Crippen LogP contribution < -0.4 is 5.73 Å². The Hall–Kier alpha value is -0.570. The molecule has 0 spiro atoms. The van der Waals surface area contributed by atoms with E-state index in [1.165, 1.54) is 6.92 Å². The maximum absolute atomic E-state index is 12.5. The summed E-state index contributed by atoms with van der Waals surface area (Å²) >= 11 is 0. The zero-order valence-electron chi connectivity index (χ0n) is 8.12. The number of hydrogen-bond donors (Lipinski definition) is 1. The van der Waals surface area contributed by atoms with Crippen molar-refractivity contribution < 1.29 is 35.5 Å². The van der Waals surface area contributed by atoms with Gasteiger partial charge in [0.15, 0.2) is 0 Å². The summed E-state index contributed by atoms with van der Waals surface area (Å²) in [6.45, 7) is -1.26. The Balaban J connectivity index is 4.53. The topological polar surface area (TPSA) is 35.2 Å². The van der Waals surface area contributed by atoms with Crippen LogP contribution in [0.25, 0.3) is 0 Å². The van der Waals surface area contributed by atoms with Crippen LogP contribution in [0.1, 0.15) is 6.92 Å². The van der Waals surface area contributed by atoms with Crippen molar-refractivity contribution in [1.29, 1.82) is 0 Å². The molecule has 0 amide bonds. The van der Waals surface area contributed by atoms with Crippen LogP contribution in [-0.4, -0.2) is 37.3 Å². The van der Waals surface area contributed by atoms with E-state index >= 15 is 0 Å². The number of ether oxygens (including phenoxy) is 1. The van der Waals surface area contributed by atoms with Crippen molar-refractivity contribution in [3.63, 3.8) is 0 Å². The molecule has 1 unspecified atom stereocenters. The zero-order chi connectivity index (χ0) is 13.2. The number of alkyl halides is 7. The minimum absolute atomic E-state index is 0.538. The Bertz CT molecular complexity index is 225. The molecule has 0 aromatic rings. The van der Waals surface area contributed by atoms with Gasteiger partial charge in [0.25, 0.3) is 0 Å². The Kier molecular flexibility index (Phi) is 4.57. The molecule has 1 atom stereocenters. The van der Waals surface area contributed by atoms with Crippen LogP contribution >= 0.6 is 0 Å². The van der Waals surface area contributed by atoms with Gasteiger partial charge >= 0.3 is 18.0 Å². The molecule has 0 saturated carbocycles. The number of rotatable bonds is 5. The normalized spacial score (nSPS) is 16.3. The summed E-state index contributed by atoms with van der Waals surface area (Å²) in [5.74, 6) is -11.4. The average Bonchev–Trinajstić information content (AvgIpc) is 2.00. The molecule has 0 radical (unpaired) electrons. The van der Waals surface area contributed by atoms with Crippen LogP contribution in [0, 0.1) is 0 Å². The van der Waals surface area contributed by atoms with Crippen molar-refractivity contribution in [1.82, 2.24) is 0 Å². The smallest absolute Gasteiger partial charge is 0.373 e. The van der Waals surface area contributed by atoms with Gasteiger partial charge in [-0.05, 0) is 6.92 Å². The van der Waals surface area contributed by atoms with Crippen LogP contribution in [0.15, 0.2) is 0 Å². The first-order valence-corrected chi connectivity index (χ1v) is 4.07. The van der Waals surface area contributed by atoms with Gasteiger partial charge in [0.2, 0.25) is 0 Å². The van der Waals surface area contributed by atoms with E-state index in [1.807, 2.05) is 0 Å². The first-order valence-electron chi connectivity index (χ1n) is 4.07. The standard InChI is InChI=1S/C7H10F7NO/c1-4(15)2-16-3-5(8,9)6(10,11)7(12,13)14/h4H,2-3,15H2,1H3. The summed E-state index contributed by atoms with van der Waals surface area (Å²) in [5, 5.41) is 0. The van der Waals surface area contributed by atoms with Gasteiger partial charge in [-0.2, -0.15) is 30.7 Å². The summed E-state index contributed by atoms with van der Waals surface area (Å²) in [6.07, 6.45) is -6.33. The summed E-state index contributed by atoms with van der Waals surface area (Å²) in [7, 11) is 0. The molecule has 2 N–H and O–H groups in total. The molecule has 0 bridgehead atoms. The largest absolute Gasteiger partial charge is 0.459 e. The molecule has 16 heavy (non-hydrogen) atoms. The monoisotopic (exact) mass is 257 g/mol. The second kappa shape index (κ2) is 4.74. The fourth-order valence-corrected chi connectivity index (χ4v) is 0.671. The molecule has 2 nitrogen and oxygen atoms in total. The molecule has 9 heteroatoms. The fourth-order valence-electron chi connectivity index (χ4n) is 0.671. The molecule has 0 aromatic carbocycles. The highest BCUT2D eigenvalue weighted by atomic mass is 19.4. The highest BCUT2D eigenvalue weighted by molar-refractivity contribution is 4.90. The number of halogens is 7. The van der Waals surface area contributed by atoms with Crippen molar-refractivity contribution in [2.24, 2.45) is 5.73 Å². The van der Waals surface area contributed by atoms with E-state index in [-0.39, 0.29) is 0 Å². The van der Waals surface area contributed by atoms with Gasteiger partial charge in [-0.1, -0.05) is 0 Å². The average molecular weight is 257 g/mol. The SMILES string of the molecule is CC(N)COCC(F)(F)C(F)(F)C(F)(F)F. The Morgan fingerprint density at radius 3 is 1.81 bits per heavy atom. The maximum Gasteiger partial charge on any atom is 0.459 e. The van der Waals surface area contributed by atoms with Crippen LogP contribution in [0.4, 0.5) is 30.7 Å². The lowest BCUT2D eigenvalue weighted by Crippen LogP contribution is -2.54. The summed E-state index contributed by atoms with van der Waals surface area (Å²) in [6, 6.07) is -0.740. The van der Waals surface area contributed by atoms with Gasteiger partial charge in [0.1, 0.15) is 6.61 Å². The van der Waals surface area contributed by atoms with E-state index in [2.05, 4.69) is 4.74 Å². The molecule has 0 aliphatic heterocycles. The molecule has 98 valence electrons. The summed E-state index contributed by atoms with van der Waals surface area (Å²) < 4.78 is 88.3. The molecular weight excluding hydrogens is 247 g/mol. The second-order valence-electron chi connectivity index (χ2n) is 3.27. The summed E-state index contributed by atoms with van der Waals surface area (Å²) in [5.41, 5.74) is 5.04. The second-order valence-corrected chi connectivity index (χ2v) is 3.27.